The maximum atomic E-state index is 12.6. The van der Waals surface area contributed by atoms with Gasteiger partial charge < -0.3 is 5.32 Å². The zero-order valence-electron chi connectivity index (χ0n) is 13.8. The summed E-state index contributed by atoms with van der Waals surface area (Å²) >= 11 is 0. The Balaban J connectivity index is 1.50. The SMILES string of the molecule is O=C(NCC1CCN(S(=O)(=O)c2ccccc2)CC1)C1=CCCC1. The molecule has 1 aliphatic heterocycles. The Kier molecular flexibility index (Phi) is 5.36. The molecule has 0 aromatic heterocycles. The lowest BCUT2D eigenvalue weighted by atomic mass is 9.98. The van der Waals surface area contributed by atoms with E-state index in [1.807, 2.05) is 12.1 Å². The Morgan fingerprint density at radius 3 is 2.50 bits per heavy atom. The lowest BCUT2D eigenvalue weighted by Crippen LogP contribution is -2.41. The fourth-order valence-electron chi connectivity index (χ4n) is 3.32. The lowest BCUT2D eigenvalue weighted by Gasteiger charge is -2.31. The number of benzene rings is 1. The number of rotatable bonds is 5. The van der Waals surface area contributed by atoms with E-state index in [0.29, 0.717) is 30.4 Å². The van der Waals surface area contributed by atoms with E-state index in [2.05, 4.69) is 5.32 Å². The smallest absolute Gasteiger partial charge is 0.246 e. The van der Waals surface area contributed by atoms with Crippen molar-refractivity contribution in [2.45, 2.75) is 37.0 Å². The van der Waals surface area contributed by atoms with Gasteiger partial charge in [0.2, 0.25) is 15.9 Å². The molecule has 1 fully saturated rings. The molecule has 0 atom stereocenters. The fourth-order valence-corrected chi connectivity index (χ4v) is 4.81. The number of carbonyl (C=O) groups excluding carboxylic acids is 1. The van der Waals surface area contributed by atoms with E-state index >= 15 is 0 Å². The van der Waals surface area contributed by atoms with Gasteiger partial charge in [-0.05, 0) is 50.2 Å². The molecule has 0 saturated carbocycles. The highest BCUT2D eigenvalue weighted by Gasteiger charge is 2.29. The quantitative estimate of drug-likeness (QED) is 0.888. The van der Waals surface area contributed by atoms with Crippen molar-refractivity contribution in [1.29, 1.82) is 0 Å². The topological polar surface area (TPSA) is 66.5 Å². The molecular formula is C18H24N2O3S. The molecule has 1 N–H and O–H groups in total. The van der Waals surface area contributed by atoms with Gasteiger partial charge >= 0.3 is 0 Å². The summed E-state index contributed by atoms with van der Waals surface area (Å²) in [6.07, 6.45) is 6.53. The number of sulfonamides is 1. The molecule has 0 spiro atoms. The number of hydrogen-bond donors (Lipinski definition) is 1. The predicted octanol–water partition coefficient (Wildman–Crippen LogP) is 2.31. The van der Waals surface area contributed by atoms with Crippen LogP contribution in [0.1, 0.15) is 32.1 Å². The summed E-state index contributed by atoms with van der Waals surface area (Å²) in [5.41, 5.74) is 0.902. The minimum absolute atomic E-state index is 0.0480. The summed E-state index contributed by atoms with van der Waals surface area (Å²) in [7, 11) is -3.39. The summed E-state index contributed by atoms with van der Waals surface area (Å²) < 4.78 is 26.7. The first kappa shape index (κ1) is 17.2. The van der Waals surface area contributed by atoms with E-state index in [4.69, 9.17) is 0 Å². The van der Waals surface area contributed by atoms with Crippen LogP contribution in [0.15, 0.2) is 46.9 Å². The summed E-state index contributed by atoms with van der Waals surface area (Å²) in [5, 5.41) is 3.00. The van der Waals surface area contributed by atoms with Gasteiger partial charge in [0, 0.05) is 25.2 Å². The van der Waals surface area contributed by atoms with Gasteiger partial charge in [-0.1, -0.05) is 24.3 Å². The molecule has 1 amide bonds. The van der Waals surface area contributed by atoms with Crippen molar-refractivity contribution in [2.75, 3.05) is 19.6 Å². The van der Waals surface area contributed by atoms with E-state index in [-0.39, 0.29) is 5.91 Å². The molecule has 6 heteroatoms. The van der Waals surface area contributed by atoms with Crippen LogP contribution in [0.4, 0.5) is 0 Å². The second-order valence-electron chi connectivity index (χ2n) is 6.49. The van der Waals surface area contributed by atoms with Crippen LogP contribution in [-0.2, 0) is 14.8 Å². The van der Waals surface area contributed by atoms with Gasteiger partial charge in [-0.2, -0.15) is 4.31 Å². The zero-order valence-corrected chi connectivity index (χ0v) is 14.6. The lowest BCUT2D eigenvalue weighted by molar-refractivity contribution is -0.117. The molecule has 1 saturated heterocycles. The molecule has 2 aliphatic rings. The average Bonchev–Trinajstić information content (AvgIpc) is 3.15. The average molecular weight is 348 g/mol. The maximum Gasteiger partial charge on any atom is 0.246 e. The maximum absolute atomic E-state index is 12.6. The van der Waals surface area contributed by atoms with Crippen LogP contribution < -0.4 is 5.32 Å². The molecule has 0 unspecified atom stereocenters. The van der Waals surface area contributed by atoms with Gasteiger partial charge in [0.05, 0.1) is 4.90 Å². The van der Waals surface area contributed by atoms with Crippen molar-refractivity contribution in [3.05, 3.63) is 42.0 Å². The molecule has 24 heavy (non-hydrogen) atoms. The zero-order chi connectivity index (χ0) is 17.0. The Labute approximate surface area is 143 Å². The highest BCUT2D eigenvalue weighted by Crippen LogP contribution is 2.23. The Morgan fingerprint density at radius 1 is 1.17 bits per heavy atom. The van der Waals surface area contributed by atoms with Crippen LogP contribution >= 0.6 is 0 Å². The third-order valence-electron chi connectivity index (χ3n) is 4.84. The van der Waals surface area contributed by atoms with E-state index in [9.17, 15) is 13.2 Å². The van der Waals surface area contributed by atoms with Crippen LogP contribution in [0.5, 0.6) is 0 Å². The minimum Gasteiger partial charge on any atom is -0.352 e. The van der Waals surface area contributed by atoms with Gasteiger partial charge in [0.15, 0.2) is 0 Å². The number of carbonyl (C=O) groups is 1. The van der Waals surface area contributed by atoms with E-state index in [0.717, 1.165) is 37.7 Å². The molecule has 1 aromatic rings. The van der Waals surface area contributed by atoms with Gasteiger partial charge in [-0.3, -0.25) is 4.79 Å². The second kappa shape index (κ2) is 7.49. The van der Waals surface area contributed by atoms with Gasteiger partial charge in [0.25, 0.3) is 0 Å². The molecule has 0 radical (unpaired) electrons. The number of nitrogens with one attached hydrogen (secondary N) is 1. The van der Waals surface area contributed by atoms with Crippen LogP contribution in [0.25, 0.3) is 0 Å². The largest absolute Gasteiger partial charge is 0.352 e. The van der Waals surface area contributed by atoms with Crippen molar-refractivity contribution >= 4 is 15.9 Å². The van der Waals surface area contributed by atoms with Crippen LogP contribution in [0, 0.1) is 5.92 Å². The van der Waals surface area contributed by atoms with Crippen molar-refractivity contribution in [3.63, 3.8) is 0 Å². The molecule has 1 aliphatic carbocycles. The number of amides is 1. The highest BCUT2D eigenvalue weighted by molar-refractivity contribution is 7.89. The number of nitrogens with zero attached hydrogens (tertiary/aromatic N) is 1. The van der Waals surface area contributed by atoms with Gasteiger partial charge in [-0.25, -0.2) is 8.42 Å². The Hall–Kier alpha value is -1.66. The molecule has 1 heterocycles. The highest BCUT2D eigenvalue weighted by atomic mass is 32.2. The summed E-state index contributed by atoms with van der Waals surface area (Å²) in [4.78, 5) is 12.4. The predicted molar refractivity (Wildman–Crippen MR) is 92.9 cm³/mol. The van der Waals surface area contributed by atoms with E-state index in [1.165, 1.54) is 0 Å². The van der Waals surface area contributed by atoms with Gasteiger partial charge in [0.1, 0.15) is 0 Å². The molecule has 5 nitrogen and oxygen atoms in total. The monoisotopic (exact) mass is 348 g/mol. The molecular weight excluding hydrogens is 324 g/mol. The summed E-state index contributed by atoms with van der Waals surface area (Å²) in [5.74, 6) is 0.394. The molecule has 1 aromatic carbocycles. The minimum atomic E-state index is -3.39. The molecule has 3 rings (SSSR count). The van der Waals surface area contributed by atoms with Crippen LogP contribution in [0.3, 0.4) is 0 Å². The van der Waals surface area contributed by atoms with Crippen molar-refractivity contribution < 1.29 is 13.2 Å². The van der Waals surface area contributed by atoms with Gasteiger partial charge in [-0.15, -0.1) is 0 Å². The van der Waals surface area contributed by atoms with Crippen LogP contribution in [-0.4, -0.2) is 38.3 Å². The number of allylic oxidation sites excluding steroid dienone is 1. The van der Waals surface area contributed by atoms with Crippen molar-refractivity contribution in [2.24, 2.45) is 5.92 Å². The van der Waals surface area contributed by atoms with Crippen molar-refractivity contribution in [1.82, 2.24) is 9.62 Å². The Morgan fingerprint density at radius 2 is 1.88 bits per heavy atom. The first-order valence-corrected chi connectivity index (χ1v) is 10.0. The third-order valence-corrected chi connectivity index (χ3v) is 6.75. The van der Waals surface area contributed by atoms with E-state index < -0.39 is 10.0 Å². The second-order valence-corrected chi connectivity index (χ2v) is 8.43. The number of piperidine rings is 1. The molecule has 0 bridgehead atoms. The first-order chi connectivity index (χ1) is 11.6. The third kappa shape index (κ3) is 3.87. The summed E-state index contributed by atoms with van der Waals surface area (Å²) in [6.45, 7) is 1.66. The standard InChI is InChI=1S/C18H24N2O3S/c21-18(16-6-4-5-7-16)19-14-15-10-12-20(13-11-15)24(22,23)17-8-2-1-3-9-17/h1-3,6,8-9,15H,4-5,7,10-14H2,(H,19,21). The Bertz CT molecular complexity index is 705. The number of hydrogen-bond acceptors (Lipinski definition) is 3. The van der Waals surface area contributed by atoms with E-state index in [1.54, 1.807) is 28.6 Å². The first-order valence-electron chi connectivity index (χ1n) is 8.60. The van der Waals surface area contributed by atoms with Crippen molar-refractivity contribution in [3.8, 4) is 0 Å². The van der Waals surface area contributed by atoms with Crippen LogP contribution in [0.2, 0.25) is 0 Å². The molecule has 130 valence electrons. The normalized spacial score (nSPS) is 19.9. The summed E-state index contributed by atoms with van der Waals surface area (Å²) in [6, 6.07) is 8.57. The fraction of sp³-hybridized carbons (Fsp3) is 0.500.